The Morgan fingerprint density at radius 2 is 1.54 bits per heavy atom. The van der Waals surface area contributed by atoms with Crippen LogP contribution in [0, 0.1) is 5.41 Å². The first kappa shape index (κ1) is 17.7. The third kappa shape index (κ3) is 3.44. The summed E-state index contributed by atoms with van der Waals surface area (Å²) in [5, 5.41) is 5.55. The maximum absolute atomic E-state index is 12.7. The lowest BCUT2D eigenvalue weighted by atomic mass is 10.0. The van der Waals surface area contributed by atoms with Crippen molar-refractivity contribution in [1.82, 2.24) is 0 Å². The Labute approximate surface area is 151 Å². The largest absolute Gasteiger partial charge is 0.495 e. The summed E-state index contributed by atoms with van der Waals surface area (Å²) in [6, 6.07) is 13.7. The first-order valence-electron chi connectivity index (χ1n) is 8.33. The molecule has 2 aromatic carbocycles. The van der Waals surface area contributed by atoms with Gasteiger partial charge in [-0.25, -0.2) is 0 Å². The van der Waals surface area contributed by atoms with Gasteiger partial charge in [0, 0.05) is 11.3 Å². The van der Waals surface area contributed by atoms with Gasteiger partial charge in [0.15, 0.2) is 5.78 Å². The summed E-state index contributed by atoms with van der Waals surface area (Å²) in [5.74, 6) is -0.199. The van der Waals surface area contributed by atoms with Crippen molar-refractivity contribution in [3.8, 4) is 5.75 Å². The predicted octanol–water partition coefficient (Wildman–Crippen LogP) is 3.26. The molecule has 0 aromatic heterocycles. The molecule has 6 heteroatoms. The highest BCUT2D eigenvalue weighted by Gasteiger charge is 2.56. The molecule has 1 aliphatic rings. The number of carbonyl (C=O) groups excluding carboxylic acids is 3. The summed E-state index contributed by atoms with van der Waals surface area (Å²) >= 11 is 0. The fourth-order valence-corrected chi connectivity index (χ4v) is 2.71. The van der Waals surface area contributed by atoms with Crippen LogP contribution in [0.3, 0.4) is 0 Å². The summed E-state index contributed by atoms with van der Waals surface area (Å²) in [7, 11) is 1.52. The first-order chi connectivity index (χ1) is 12.5. The van der Waals surface area contributed by atoms with E-state index in [0.29, 0.717) is 35.5 Å². The van der Waals surface area contributed by atoms with Crippen LogP contribution in [0.5, 0.6) is 5.75 Å². The van der Waals surface area contributed by atoms with E-state index >= 15 is 0 Å². The number of ether oxygens (including phenoxy) is 1. The van der Waals surface area contributed by atoms with Crippen LogP contribution in [0.25, 0.3) is 0 Å². The molecule has 2 aromatic rings. The normalized spacial score (nSPS) is 14.2. The Morgan fingerprint density at radius 1 is 0.923 bits per heavy atom. The second-order valence-electron chi connectivity index (χ2n) is 6.32. The summed E-state index contributed by atoms with van der Waals surface area (Å²) in [5.41, 5.74) is 0.583. The molecule has 6 nitrogen and oxygen atoms in total. The maximum Gasteiger partial charge on any atom is 0.240 e. The van der Waals surface area contributed by atoms with Gasteiger partial charge in [-0.1, -0.05) is 12.1 Å². The molecule has 1 saturated carbocycles. The minimum absolute atomic E-state index is 0.0438. The zero-order valence-corrected chi connectivity index (χ0v) is 14.7. The molecule has 2 amide bonds. The molecule has 1 fully saturated rings. The average molecular weight is 352 g/mol. The number of nitrogens with one attached hydrogen (secondary N) is 2. The Hall–Kier alpha value is -3.15. The van der Waals surface area contributed by atoms with E-state index in [1.165, 1.54) is 14.0 Å². The fraction of sp³-hybridized carbons (Fsp3) is 0.250. The molecule has 134 valence electrons. The highest BCUT2D eigenvalue weighted by molar-refractivity contribution is 6.17. The van der Waals surface area contributed by atoms with E-state index in [9.17, 15) is 14.4 Å². The fourth-order valence-electron chi connectivity index (χ4n) is 2.71. The van der Waals surface area contributed by atoms with Gasteiger partial charge in [-0.15, -0.1) is 0 Å². The van der Waals surface area contributed by atoms with E-state index in [4.69, 9.17) is 4.74 Å². The number of carbonyl (C=O) groups is 3. The molecular weight excluding hydrogens is 332 g/mol. The number of amides is 2. The van der Waals surface area contributed by atoms with Crippen LogP contribution in [0.4, 0.5) is 11.4 Å². The van der Waals surface area contributed by atoms with Crippen molar-refractivity contribution in [2.24, 2.45) is 5.41 Å². The van der Waals surface area contributed by atoms with E-state index in [-0.39, 0.29) is 17.6 Å². The molecule has 0 spiro atoms. The van der Waals surface area contributed by atoms with Gasteiger partial charge in [0.1, 0.15) is 11.2 Å². The number of hydrogen-bond acceptors (Lipinski definition) is 4. The molecule has 2 N–H and O–H groups in total. The van der Waals surface area contributed by atoms with Crippen molar-refractivity contribution in [1.29, 1.82) is 0 Å². The van der Waals surface area contributed by atoms with Crippen LogP contribution < -0.4 is 15.4 Å². The highest BCUT2D eigenvalue weighted by atomic mass is 16.5. The number of rotatable bonds is 6. The average Bonchev–Trinajstić information content (AvgIpc) is 3.44. The van der Waals surface area contributed by atoms with E-state index in [0.717, 1.165) is 0 Å². The molecule has 3 rings (SSSR count). The van der Waals surface area contributed by atoms with E-state index in [1.807, 2.05) is 0 Å². The number of ketones is 1. The SMILES string of the molecule is COc1ccccc1NC(=O)C1(C(=O)Nc2ccc(C(C)=O)cc2)CC1. The van der Waals surface area contributed by atoms with Gasteiger partial charge in [-0.3, -0.25) is 14.4 Å². The number of anilines is 2. The molecule has 0 heterocycles. The van der Waals surface area contributed by atoms with Gasteiger partial charge < -0.3 is 15.4 Å². The zero-order valence-electron chi connectivity index (χ0n) is 14.7. The second kappa shape index (κ2) is 7.00. The minimum atomic E-state index is -1.07. The third-order valence-electron chi connectivity index (χ3n) is 4.52. The predicted molar refractivity (Wildman–Crippen MR) is 98.4 cm³/mol. The molecule has 0 saturated heterocycles. The standard InChI is InChI=1S/C20H20N2O4/c1-13(23)14-7-9-15(10-8-14)21-18(24)20(11-12-20)19(25)22-16-5-3-4-6-17(16)26-2/h3-10H,11-12H2,1-2H3,(H,21,24)(H,22,25). The lowest BCUT2D eigenvalue weighted by Gasteiger charge is -2.17. The number of methoxy groups -OCH3 is 1. The van der Waals surface area contributed by atoms with Crippen molar-refractivity contribution in [2.75, 3.05) is 17.7 Å². The van der Waals surface area contributed by atoms with Crippen molar-refractivity contribution >= 4 is 29.0 Å². The van der Waals surface area contributed by atoms with Crippen LogP contribution in [0.1, 0.15) is 30.1 Å². The third-order valence-corrected chi connectivity index (χ3v) is 4.52. The summed E-state index contributed by atoms with van der Waals surface area (Å²) < 4.78 is 5.22. The molecule has 1 aliphatic carbocycles. The van der Waals surface area contributed by atoms with Crippen molar-refractivity contribution in [3.05, 3.63) is 54.1 Å². The minimum Gasteiger partial charge on any atom is -0.495 e. The Morgan fingerprint density at radius 3 is 2.12 bits per heavy atom. The lowest BCUT2D eigenvalue weighted by molar-refractivity contribution is -0.131. The molecule has 26 heavy (non-hydrogen) atoms. The summed E-state index contributed by atoms with van der Waals surface area (Å²) in [6.45, 7) is 1.48. The van der Waals surface area contributed by atoms with Crippen molar-refractivity contribution < 1.29 is 19.1 Å². The van der Waals surface area contributed by atoms with Gasteiger partial charge in [0.25, 0.3) is 0 Å². The maximum atomic E-state index is 12.7. The van der Waals surface area contributed by atoms with Gasteiger partial charge in [-0.2, -0.15) is 0 Å². The molecule has 0 aliphatic heterocycles. The van der Waals surface area contributed by atoms with E-state index in [2.05, 4.69) is 10.6 Å². The van der Waals surface area contributed by atoms with Gasteiger partial charge >= 0.3 is 0 Å². The monoisotopic (exact) mass is 352 g/mol. The summed E-state index contributed by atoms with van der Waals surface area (Å²) in [4.78, 5) is 36.6. The number of hydrogen-bond donors (Lipinski definition) is 2. The summed E-state index contributed by atoms with van der Waals surface area (Å²) in [6.07, 6.45) is 0.983. The second-order valence-corrected chi connectivity index (χ2v) is 6.32. The first-order valence-corrected chi connectivity index (χ1v) is 8.33. The van der Waals surface area contributed by atoms with Crippen molar-refractivity contribution in [2.45, 2.75) is 19.8 Å². The quantitative estimate of drug-likeness (QED) is 0.617. The molecule has 0 atom stereocenters. The number of Topliss-reactive ketones (excluding diaryl/α,β-unsaturated/α-hetero) is 1. The van der Waals surface area contributed by atoms with Crippen molar-refractivity contribution in [3.63, 3.8) is 0 Å². The number of para-hydroxylation sites is 2. The Kier molecular flexibility index (Phi) is 4.75. The van der Waals surface area contributed by atoms with Gasteiger partial charge in [0.2, 0.25) is 11.8 Å². The topological polar surface area (TPSA) is 84.5 Å². The molecule has 0 bridgehead atoms. The van der Waals surface area contributed by atoms with Crippen LogP contribution in [0.2, 0.25) is 0 Å². The van der Waals surface area contributed by atoms with Gasteiger partial charge in [-0.05, 0) is 56.2 Å². The zero-order chi connectivity index (χ0) is 18.7. The van der Waals surface area contributed by atoms with Crippen LogP contribution in [-0.4, -0.2) is 24.7 Å². The number of benzene rings is 2. The Balaban J connectivity index is 1.70. The van der Waals surface area contributed by atoms with Crippen LogP contribution in [-0.2, 0) is 9.59 Å². The smallest absolute Gasteiger partial charge is 0.240 e. The van der Waals surface area contributed by atoms with Crippen LogP contribution >= 0.6 is 0 Å². The molecule has 0 unspecified atom stereocenters. The van der Waals surface area contributed by atoms with Crippen LogP contribution in [0.15, 0.2) is 48.5 Å². The molecular formula is C20H20N2O4. The highest BCUT2D eigenvalue weighted by Crippen LogP contribution is 2.48. The molecule has 0 radical (unpaired) electrons. The van der Waals surface area contributed by atoms with Gasteiger partial charge in [0.05, 0.1) is 12.8 Å². The Bertz CT molecular complexity index is 854. The lowest BCUT2D eigenvalue weighted by Crippen LogP contribution is -2.35. The van der Waals surface area contributed by atoms with E-state index < -0.39 is 5.41 Å². The van der Waals surface area contributed by atoms with E-state index in [1.54, 1.807) is 48.5 Å².